The molecule has 6 nitrogen and oxygen atoms in total. The Morgan fingerprint density at radius 3 is 2.88 bits per heavy atom. The van der Waals surface area contributed by atoms with E-state index in [1.807, 2.05) is 0 Å². The van der Waals surface area contributed by atoms with Gasteiger partial charge in [0.15, 0.2) is 9.84 Å². The van der Waals surface area contributed by atoms with Crippen LogP contribution < -0.4 is 5.73 Å². The van der Waals surface area contributed by atoms with Crippen LogP contribution in [0.1, 0.15) is 23.7 Å². The van der Waals surface area contributed by atoms with Gasteiger partial charge in [0.05, 0.1) is 36.5 Å². The maximum absolute atomic E-state index is 11.4. The number of fused-ring (bicyclic) bond motifs is 1. The van der Waals surface area contributed by atoms with Gasteiger partial charge in [-0.1, -0.05) is 0 Å². The molecule has 1 aromatic heterocycles. The summed E-state index contributed by atoms with van der Waals surface area (Å²) in [5, 5.41) is 4.34. The summed E-state index contributed by atoms with van der Waals surface area (Å²) in [5.74, 6) is 0.950. The van der Waals surface area contributed by atoms with Gasteiger partial charge in [-0.25, -0.2) is 13.1 Å². The molecule has 2 aliphatic rings. The van der Waals surface area contributed by atoms with Gasteiger partial charge in [0.2, 0.25) is 0 Å². The molecule has 16 heavy (non-hydrogen) atoms. The number of nitrogens with zero attached hydrogens (tertiary/aromatic N) is 2. The van der Waals surface area contributed by atoms with E-state index >= 15 is 0 Å². The van der Waals surface area contributed by atoms with Crippen molar-refractivity contribution in [2.24, 2.45) is 0 Å². The zero-order chi connectivity index (χ0) is 11.3. The highest BCUT2D eigenvalue weighted by atomic mass is 32.2. The van der Waals surface area contributed by atoms with E-state index in [4.69, 9.17) is 10.5 Å². The number of hydrogen-bond acceptors (Lipinski definition) is 5. The molecule has 0 bridgehead atoms. The molecule has 0 unspecified atom stereocenters. The van der Waals surface area contributed by atoms with E-state index in [-0.39, 0.29) is 17.5 Å². The third-order valence-corrected chi connectivity index (χ3v) is 4.92. The molecule has 0 saturated carbocycles. The van der Waals surface area contributed by atoms with Crippen LogP contribution in [0.3, 0.4) is 0 Å². The summed E-state index contributed by atoms with van der Waals surface area (Å²) in [6.07, 6.45) is 0.605. The van der Waals surface area contributed by atoms with Crippen LogP contribution in [0.5, 0.6) is 0 Å². The summed E-state index contributed by atoms with van der Waals surface area (Å²) in [4.78, 5) is 0. The first-order chi connectivity index (χ1) is 7.57. The van der Waals surface area contributed by atoms with Crippen LogP contribution in [0.25, 0.3) is 0 Å². The Balaban J connectivity index is 1.97. The highest BCUT2D eigenvalue weighted by Gasteiger charge is 2.33. The number of ether oxygens (including phenoxy) is 1. The Morgan fingerprint density at radius 2 is 2.25 bits per heavy atom. The van der Waals surface area contributed by atoms with Crippen LogP contribution in [-0.4, -0.2) is 29.7 Å². The SMILES string of the molecule is Nc1c2c(nn1[C@H]1CCS(=O)(=O)C1)COC2. The molecule has 3 rings (SSSR count). The summed E-state index contributed by atoms with van der Waals surface area (Å²) >= 11 is 0. The molecule has 0 amide bonds. The Labute approximate surface area is 93.3 Å². The fourth-order valence-electron chi connectivity index (χ4n) is 2.30. The molecule has 1 aromatic rings. The normalized spacial score (nSPS) is 27.1. The number of anilines is 1. The summed E-state index contributed by atoms with van der Waals surface area (Å²) in [6.45, 7) is 0.965. The third kappa shape index (κ3) is 1.42. The van der Waals surface area contributed by atoms with Gasteiger partial charge in [0, 0.05) is 5.56 Å². The Kier molecular flexibility index (Phi) is 2.02. The quantitative estimate of drug-likeness (QED) is 0.741. The van der Waals surface area contributed by atoms with Crippen LogP contribution in [0.4, 0.5) is 5.82 Å². The number of aromatic nitrogens is 2. The average Bonchev–Trinajstić information content (AvgIpc) is 2.84. The van der Waals surface area contributed by atoms with E-state index in [0.717, 1.165) is 11.3 Å². The third-order valence-electron chi connectivity index (χ3n) is 3.17. The molecule has 1 saturated heterocycles. The van der Waals surface area contributed by atoms with Crippen molar-refractivity contribution < 1.29 is 13.2 Å². The molecule has 0 aromatic carbocycles. The van der Waals surface area contributed by atoms with E-state index < -0.39 is 9.84 Å². The second kappa shape index (κ2) is 3.21. The van der Waals surface area contributed by atoms with Crippen molar-refractivity contribution in [2.75, 3.05) is 17.2 Å². The molecule has 2 N–H and O–H groups in total. The van der Waals surface area contributed by atoms with Crippen LogP contribution in [0.2, 0.25) is 0 Å². The molecule has 7 heteroatoms. The van der Waals surface area contributed by atoms with Gasteiger partial charge in [0.1, 0.15) is 5.82 Å². The molecule has 0 radical (unpaired) electrons. The van der Waals surface area contributed by atoms with Gasteiger partial charge in [-0.3, -0.25) is 0 Å². The zero-order valence-corrected chi connectivity index (χ0v) is 9.53. The van der Waals surface area contributed by atoms with Crippen LogP contribution in [0, 0.1) is 0 Å². The molecule has 88 valence electrons. The summed E-state index contributed by atoms with van der Waals surface area (Å²) < 4.78 is 29.7. The van der Waals surface area contributed by atoms with Gasteiger partial charge in [0.25, 0.3) is 0 Å². The molecule has 2 aliphatic heterocycles. The highest BCUT2D eigenvalue weighted by molar-refractivity contribution is 7.91. The molecule has 0 spiro atoms. The minimum Gasteiger partial charge on any atom is -0.384 e. The van der Waals surface area contributed by atoms with Crippen LogP contribution >= 0.6 is 0 Å². The van der Waals surface area contributed by atoms with Crippen LogP contribution in [-0.2, 0) is 27.8 Å². The number of nitrogen functional groups attached to an aromatic ring is 1. The Bertz CT molecular complexity index is 534. The minimum atomic E-state index is -2.90. The number of rotatable bonds is 1. The molecular formula is C9H13N3O3S. The first-order valence-electron chi connectivity index (χ1n) is 5.21. The zero-order valence-electron chi connectivity index (χ0n) is 8.72. The maximum atomic E-state index is 11.4. The molecule has 1 fully saturated rings. The van der Waals surface area contributed by atoms with Crippen molar-refractivity contribution in [3.63, 3.8) is 0 Å². The summed E-state index contributed by atoms with van der Waals surface area (Å²) in [5.41, 5.74) is 7.72. The summed E-state index contributed by atoms with van der Waals surface area (Å²) in [7, 11) is -2.90. The maximum Gasteiger partial charge on any atom is 0.152 e. The van der Waals surface area contributed by atoms with Crippen molar-refractivity contribution in [1.82, 2.24) is 9.78 Å². The van der Waals surface area contributed by atoms with E-state index in [2.05, 4.69) is 5.10 Å². The van der Waals surface area contributed by atoms with Crippen molar-refractivity contribution in [2.45, 2.75) is 25.7 Å². The van der Waals surface area contributed by atoms with Crippen LogP contribution in [0.15, 0.2) is 0 Å². The lowest BCUT2D eigenvalue weighted by molar-refractivity contribution is 0.131. The first-order valence-corrected chi connectivity index (χ1v) is 7.03. The van der Waals surface area contributed by atoms with Gasteiger partial charge >= 0.3 is 0 Å². The first kappa shape index (κ1) is 10.1. The average molecular weight is 243 g/mol. The fourth-order valence-corrected chi connectivity index (χ4v) is 3.99. The Hall–Kier alpha value is -1.08. The predicted octanol–water partition coefficient (Wildman–Crippen LogP) is -0.145. The molecule has 1 atom stereocenters. The second-order valence-corrected chi connectivity index (χ2v) is 6.53. The van der Waals surface area contributed by atoms with Gasteiger partial charge < -0.3 is 10.5 Å². The molecular weight excluding hydrogens is 230 g/mol. The molecule has 0 aliphatic carbocycles. The minimum absolute atomic E-state index is 0.101. The van der Waals surface area contributed by atoms with Crippen molar-refractivity contribution in [1.29, 1.82) is 0 Å². The smallest absolute Gasteiger partial charge is 0.152 e. The van der Waals surface area contributed by atoms with Gasteiger partial charge in [-0.15, -0.1) is 0 Å². The van der Waals surface area contributed by atoms with Crippen molar-refractivity contribution in [3.8, 4) is 0 Å². The van der Waals surface area contributed by atoms with Gasteiger partial charge in [-0.05, 0) is 6.42 Å². The van der Waals surface area contributed by atoms with Crippen molar-refractivity contribution in [3.05, 3.63) is 11.3 Å². The monoisotopic (exact) mass is 243 g/mol. The lowest BCUT2D eigenvalue weighted by Crippen LogP contribution is -2.15. The number of hydrogen-bond donors (Lipinski definition) is 1. The lowest BCUT2D eigenvalue weighted by Gasteiger charge is -2.11. The Morgan fingerprint density at radius 1 is 1.44 bits per heavy atom. The summed E-state index contributed by atoms with van der Waals surface area (Å²) in [6, 6.07) is -0.101. The largest absolute Gasteiger partial charge is 0.384 e. The fraction of sp³-hybridized carbons (Fsp3) is 0.667. The topological polar surface area (TPSA) is 87.2 Å². The lowest BCUT2D eigenvalue weighted by atomic mass is 10.2. The van der Waals surface area contributed by atoms with E-state index in [0.29, 0.717) is 25.5 Å². The van der Waals surface area contributed by atoms with Gasteiger partial charge in [-0.2, -0.15) is 5.10 Å². The standard InChI is InChI=1S/C9H13N3O3S/c10-9-7-3-15-4-8(7)11-12(9)6-1-2-16(13,14)5-6/h6H,1-5,10H2/t6-/m0/s1. The van der Waals surface area contributed by atoms with E-state index in [1.54, 1.807) is 4.68 Å². The molecule has 3 heterocycles. The number of nitrogens with two attached hydrogens (primary N) is 1. The number of sulfone groups is 1. The van der Waals surface area contributed by atoms with E-state index in [9.17, 15) is 8.42 Å². The van der Waals surface area contributed by atoms with Crippen molar-refractivity contribution >= 4 is 15.7 Å². The van der Waals surface area contributed by atoms with E-state index in [1.165, 1.54) is 0 Å². The predicted molar refractivity (Wildman–Crippen MR) is 57.4 cm³/mol. The second-order valence-electron chi connectivity index (χ2n) is 4.30. The highest BCUT2D eigenvalue weighted by Crippen LogP contribution is 2.31.